The van der Waals surface area contributed by atoms with Crippen LogP contribution in [0.4, 0.5) is 0 Å². The van der Waals surface area contributed by atoms with Crippen molar-refractivity contribution >= 4 is 62.0 Å². The van der Waals surface area contributed by atoms with E-state index < -0.39 is 0 Å². The second kappa shape index (κ2) is 7.22. The fraction of sp³-hybridized carbons (Fsp3) is 0.176. The number of rotatable bonds is 5. The molecule has 3 heterocycles. The van der Waals surface area contributed by atoms with Gasteiger partial charge in [-0.15, -0.1) is 11.3 Å². The number of fused-ring (bicyclic) bond motifs is 2. The minimum absolute atomic E-state index is 0.0145. The van der Waals surface area contributed by atoms with Gasteiger partial charge in [-0.05, 0) is 18.2 Å². The summed E-state index contributed by atoms with van der Waals surface area (Å²) in [6.45, 7) is 0.496. The first-order valence-corrected chi connectivity index (χ1v) is 9.99. The first-order chi connectivity index (χ1) is 12.6. The molecule has 6 nitrogen and oxygen atoms in total. The van der Waals surface area contributed by atoms with Gasteiger partial charge in [0.2, 0.25) is 5.91 Å². The zero-order valence-electron chi connectivity index (χ0n) is 13.8. The standard InChI is InChI=1S/C17H14ClN5OS2/c1-23(8-14-20-11-4-2-3-5-13(11)26-14)15(24)9-25-17-21-12-6-10(18)7-19-16(12)22-17/h2-7H,8-9H2,1H3,(H,19,21,22). The van der Waals surface area contributed by atoms with Crippen molar-refractivity contribution in [1.82, 2.24) is 24.8 Å². The topological polar surface area (TPSA) is 74.8 Å². The maximum atomic E-state index is 12.4. The van der Waals surface area contributed by atoms with E-state index in [-0.39, 0.29) is 11.7 Å². The first-order valence-electron chi connectivity index (χ1n) is 7.81. The SMILES string of the molecule is CN(Cc1nc2ccccc2s1)C(=O)CSc1nc2ncc(Cl)cc2[nH]1. The molecule has 9 heteroatoms. The number of nitrogens with zero attached hydrogens (tertiary/aromatic N) is 4. The molecule has 0 aliphatic carbocycles. The molecular weight excluding hydrogens is 390 g/mol. The molecule has 1 aromatic carbocycles. The second-order valence-corrected chi connectivity index (χ2v) is 8.20. The number of hydrogen-bond acceptors (Lipinski definition) is 6. The number of hydrogen-bond donors (Lipinski definition) is 1. The molecule has 0 bridgehead atoms. The molecule has 0 fully saturated rings. The number of pyridine rings is 1. The number of amides is 1. The summed E-state index contributed by atoms with van der Waals surface area (Å²) in [5, 5.41) is 2.12. The maximum absolute atomic E-state index is 12.4. The van der Waals surface area contributed by atoms with Crippen molar-refractivity contribution in [3.8, 4) is 0 Å². The van der Waals surface area contributed by atoms with Crippen molar-refractivity contribution in [3.05, 3.63) is 46.6 Å². The van der Waals surface area contributed by atoms with Gasteiger partial charge in [-0.3, -0.25) is 4.79 Å². The summed E-state index contributed by atoms with van der Waals surface area (Å²) < 4.78 is 1.13. The van der Waals surface area contributed by atoms with E-state index in [0.29, 0.717) is 22.4 Å². The van der Waals surface area contributed by atoms with Crippen LogP contribution >= 0.6 is 34.7 Å². The Kier molecular flexibility index (Phi) is 4.80. The highest BCUT2D eigenvalue weighted by molar-refractivity contribution is 7.99. The number of carbonyl (C=O) groups excluding carboxylic acids is 1. The lowest BCUT2D eigenvalue weighted by Gasteiger charge is -2.14. The van der Waals surface area contributed by atoms with Gasteiger partial charge >= 0.3 is 0 Å². The van der Waals surface area contributed by atoms with Crippen molar-refractivity contribution in [2.75, 3.05) is 12.8 Å². The molecule has 26 heavy (non-hydrogen) atoms. The molecule has 1 amide bonds. The van der Waals surface area contributed by atoms with E-state index in [9.17, 15) is 4.79 Å². The molecule has 0 spiro atoms. The number of thiazole rings is 1. The summed E-state index contributed by atoms with van der Waals surface area (Å²) in [6.07, 6.45) is 1.55. The maximum Gasteiger partial charge on any atom is 0.233 e. The molecule has 132 valence electrons. The minimum Gasteiger partial charge on any atom is -0.338 e. The molecule has 0 unspecified atom stereocenters. The predicted octanol–water partition coefficient (Wildman–Crippen LogP) is 3.97. The lowest BCUT2D eigenvalue weighted by molar-refractivity contribution is -0.127. The molecule has 0 saturated carbocycles. The van der Waals surface area contributed by atoms with Crippen LogP contribution in [-0.4, -0.2) is 43.5 Å². The van der Waals surface area contributed by atoms with Gasteiger partial charge in [-0.2, -0.15) is 0 Å². The van der Waals surface area contributed by atoms with Crippen molar-refractivity contribution < 1.29 is 4.79 Å². The lowest BCUT2D eigenvalue weighted by atomic mass is 10.3. The lowest BCUT2D eigenvalue weighted by Crippen LogP contribution is -2.27. The van der Waals surface area contributed by atoms with Crippen LogP contribution in [0.15, 0.2) is 41.7 Å². The normalized spacial score (nSPS) is 11.3. The summed E-state index contributed by atoms with van der Waals surface area (Å²) >= 11 is 8.88. The zero-order chi connectivity index (χ0) is 18.1. The van der Waals surface area contributed by atoms with Crippen LogP contribution in [0.1, 0.15) is 5.01 Å². The minimum atomic E-state index is 0.0145. The van der Waals surface area contributed by atoms with Gasteiger partial charge in [0.05, 0.1) is 33.1 Å². The highest BCUT2D eigenvalue weighted by atomic mass is 35.5. The van der Waals surface area contributed by atoms with Crippen molar-refractivity contribution in [2.45, 2.75) is 11.7 Å². The predicted molar refractivity (Wildman–Crippen MR) is 106 cm³/mol. The summed E-state index contributed by atoms with van der Waals surface area (Å²) in [4.78, 5) is 30.3. The summed E-state index contributed by atoms with van der Waals surface area (Å²) in [6, 6.07) is 9.74. The van der Waals surface area contributed by atoms with E-state index in [2.05, 4.69) is 19.9 Å². The molecule has 0 aliphatic rings. The quantitative estimate of drug-likeness (QED) is 0.510. The average Bonchev–Trinajstić information content (AvgIpc) is 3.21. The Morgan fingerprint density at radius 1 is 1.35 bits per heavy atom. The van der Waals surface area contributed by atoms with Crippen LogP contribution in [0.2, 0.25) is 5.02 Å². The van der Waals surface area contributed by atoms with Gasteiger partial charge in [0.15, 0.2) is 10.8 Å². The number of halogens is 1. The van der Waals surface area contributed by atoms with Crippen LogP contribution < -0.4 is 0 Å². The van der Waals surface area contributed by atoms with Gasteiger partial charge in [-0.25, -0.2) is 15.0 Å². The number of aromatic amines is 1. The molecule has 0 saturated heterocycles. The highest BCUT2D eigenvalue weighted by Crippen LogP contribution is 2.23. The van der Waals surface area contributed by atoms with E-state index in [1.54, 1.807) is 35.5 Å². The third kappa shape index (κ3) is 3.67. The van der Waals surface area contributed by atoms with Gasteiger partial charge in [0.25, 0.3) is 0 Å². The smallest absolute Gasteiger partial charge is 0.233 e. The average molecular weight is 404 g/mol. The van der Waals surface area contributed by atoms with Crippen LogP contribution in [0, 0.1) is 0 Å². The number of thioether (sulfide) groups is 1. The number of para-hydroxylation sites is 1. The third-order valence-electron chi connectivity index (χ3n) is 3.75. The van der Waals surface area contributed by atoms with Gasteiger partial charge in [-0.1, -0.05) is 35.5 Å². The van der Waals surface area contributed by atoms with Crippen LogP contribution in [-0.2, 0) is 11.3 Å². The van der Waals surface area contributed by atoms with E-state index >= 15 is 0 Å². The molecule has 0 atom stereocenters. The number of benzene rings is 1. The molecule has 3 aromatic heterocycles. The number of aromatic nitrogens is 4. The number of imidazole rings is 1. The monoisotopic (exact) mass is 403 g/mol. The zero-order valence-corrected chi connectivity index (χ0v) is 16.2. The summed E-state index contributed by atoms with van der Waals surface area (Å²) in [5.74, 6) is 0.301. The number of H-pyrrole nitrogens is 1. The van der Waals surface area contributed by atoms with Crippen LogP contribution in [0.3, 0.4) is 0 Å². The number of nitrogens with one attached hydrogen (secondary N) is 1. The Hall–Kier alpha value is -2.16. The fourth-order valence-electron chi connectivity index (χ4n) is 2.44. The van der Waals surface area contributed by atoms with E-state index in [1.165, 1.54) is 11.8 Å². The number of carbonyl (C=O) groups is 1. The van der Waals surface area contributed by atoms with Gasteiger partial charge < -0.3 is 9.88 Å². The highest BCUT2D eigenvalue weighted by Gasteiger charge is 2.14. The molecule has 1 N–H and O–H groups in total. The Bertz CT molecular complexity index is 1060. The Morgan fingerprint density at radius 2 is 2.19 bits per heavy atom. The Labute approximate surface area is 162 Å². The van der Waals surface area contributed by atoms with Crippen molar-refractivity contribution in [3.63, 3.8) is 0 Å². The largest absolute Gasteiger partial charge is 0.338 e. The fourth-order valence-corrected chi connectivity index (χ4v) is 4.43. The molecule has 0 aliphatic heterocycles. The second-order valence-electron chi connectivity index (χ2n) is 5.68. The van der Waals surface area contributed by atoms with Crippen LogP contribution in [0.25, 0.3) is 21.4 Å². The van der Waals surface area contributed by atoms with E-state index in [1.807, 2.05) is 24.3 Å². The van der Waals surface area contributed by atoms with Crippen molar-refractivity contribution in [1.29, 1.82) is 0 Å². The third-order valence-corrected chi connectivity index (χ3v) is 5.84. The van der Waals surface area contributed by atoms with E-state index in [0.717, 1.165) is 20.7 Å². The summed E-state index contributed by atoms with van der Waals surface area (Å²) in [5.41, 5.74) is 2.32. The van der Waals surface area contributed by atoms with Crippen molar-refractivity contribution in [2.24, 2.45) is 0 Å². The Balaban J connectivity index is 1.38. The Morgan fingerprint density at radius 3 is 3.04 bits per heavy atom. The first kappa shape index (κ1) is 17.3. The molecule has 4 rings (SSSR count). The summed E-state index contributed by atoms with van der Waals surface area (Å²) in [7, 11) is 1.79. The van der Waals surface area contributed by atoms with Gasteiger partial charge in [0, 0.05) is 13.2 Å². The molecular formula is C17H14ClN5OS2. The van der Waals surface area contributed by atoms with Gasteiger partial charge in [0.1, 0.15) is 5.01 Å². The van der Waals surface area contributed by atoms with Crippen LogP contribution in [0.5, 0.6) is 0 Å². The molecule has 0 radical (unpaired) electrons. The van der Waals surface area contributed by atoms with E-state index in [4.69, 9.17) is 11.6 Å². The molecule has 4 aromatic rings.